The van der Waals surface area contributed by atoms with Gasteiger partial charge in [0.05, 0.1) is 11.3 Å². The number of carbonyl (C=O) groups is 2. The average molecular weight is 470 g/mol. The summed E-state index contributed by atoms with van der Waals surface area (Å²) in [5, 5.41) is 5.38. The average Bonchev–Trinajstić information content (AvgIpc) is 3.16. The van der Waals surface area contributed by atoms with E-state index in [0.717, 1.165) is 10.9 Å². The summed E-state index contributed by atoms with van der Waals surface area (Å²) in [7, 11) is 0. The van der Waals surface area contributed by atoms with Gasteiger partial charge in [-0.1, -0.05) is 24.3 Å². The van der Waals surface area contributed by atoms with Crippen LogP contribution in [0.1, 0.15) is 21.6 Å². The third-order valence-electron chi connectivity index (χ3n) is 5.26. The lowest BCUT2D eigenvalue weighted by Gasteiger charge is -2.13. The van der Waals surface area contributed by atoms with E-state index in [-0.39, 0.29) is 5.69 Å². The highest BCUT2D eigenvalue weighted by molar-refractivity contribution is 6.09. The number of rotatable bonds is 4. The Morgan fingerprint density at radius 2 is 1.65 bits per heavy atom. The number of halogens is 4. The topological polar surface area (TPSA) is 100 Å². The molecule has 1 aromatic heterocycles. The molecule has 34 heavy (non-hydrogen) atoms. The van der Waals surface area contributed by atoms with Gasteiger partial charge in [0.15, 0.2) is 0 Å². The second-order valence-electron chi connectivity index (χ2n) is 7.59. The highest BCUT2D eigenvalue weighted by Gasteiger charge is 2.31. The van der Waals surface area contributed by atoms with E-state index < -0.39 is 35.2 Å². The quantitative estimate of drug-likeness (QED) is 0.273. The van der Waals surface area contributed by atoms with Crippen LogP contribution in [0.4, 0.5) is 33.7 Å². The molecule has 3 aromatic carbocycles. The number of para-hydroxylation sites is 1. The molecule has 0 fully saturated rings. The molecule has 0 unspecified atom stereocenters. The summed E-state index contributed by atoms with van der Waals surface area (Å²) in [4.78, 5) is 27.3. The molecular weight excluding hydrogens is 452 g/mol. The fourth-order valence-corrected chi connectivity index (χ4v) is 3.66. The molecular formula is C24H18F4N4O2. The fourth-order valence-electron chi connectivity index (χ4n) is 3.66. The van der Waals surface area contributed by atoms with E-state index in [4.69, 9.17) is 5.73 Å². The number of alkyl halides is 3. The molecule has 0 aliphatic carbocycles. The molecule has 0 atom stereocenters. The summed E-state index contributed by atoms with van der Waals surface area (Å²) >= 11 is 0. The molecule has 0 saturated heterocycles. The van der Waals surface area contributed by atoms with Crippen molar-refractivity contribution < 1.29 is 27.2 Å². The zero-order valence-electron chi connectivity index (χ0n) is 17.7. The molecule has 3 amide bonds. The molecule has 5 N–H and O–H groups in total. The van der Waals surface area contributed by atoms with Gasteiger partial charge in [0, 0.05) is 22.2 Å². The van der Waals surface area contributed by atoms with Crippen LogP contribution in [0, 0.1) is 12.7 Å². The largest absolute Gasteiger partial charge is 0.416 e. The van der Waals surface area contributed by atoms with Crippen LogP contribution in [0.2, 0.25) is 0 Å². The van der Waals surface area contributed by atoms with Crippen LogP contribution >= 0.6 is 0 Å². The maximum absolute atomic E-state index is 13.9. The Kier molecular flexibility index (Phi) is 5.74. The van der Waals surface area contributed by atoms with Crippen LogP contribution in [0.5, 0.6) is 0 Å². The number of primary amides is 1. The van der Waals surface area contributed by atoms with Crippen molar-refractivity contribution >= 4 is 34.2 Å². The number of urea groups is 1. The van der Waals surface area contributed by atoms with Gasteiger partial charge in [-0.25, -0.2) is 9.18 Å². The monoisotopic (exact) mass is 470 g/mol. The third-order valence-corrected chi connectivity index (χ3v) is 5.26. The van der Waals surface area contributed by atoms with Crippen molar-refractivity contribution in [2.24, 2.45) is 5.73 Å². The van der Waals surface area contributed by atoms with Crippen LogP contribution in [-0.2, 0) is 6.18 Å². The van der Waals surface area contributed by atoms with Gasteiger partial charge in [0.25, 0.3) is 5.91 Å². The number of nitrogens with two attached hydrogens (primary N) is 1. The Labute approximate surface area is 190 Å². The Morgan fingerprint density at radius 1 is 0.941 bits per heavy atom. The van der Waals surface area contributed by atoms with Crippen molar-refractivity contribution in [3.05, 3.63) is 83.3 Å². The van der Waals surface area contributed by atoms with E-state index in [2.05, 4.69) is 15.6 Å². The van der Waals surface area contributed by atoms with Crippen molar-refractivity contribution in [1.82, 2.24) is 4.98 Å². The molecule has 0 aliphatic heterocycles. The molecule has 0 spiro atoms. The predicted molar refractivity (Wildman–Crippen MR) is 121 cm³/mol. The second-order valence-corrected chi connectivity index (χ2v) is 7.59. The van der Waals surface area contributed by atoms with Gasteiger partial charge in [-0.2, -0.15) is 13.2 Å². The summed E-state index contributed by atoms with van der Waals surface area (Å²) in [6, 6.07) is 13.1. The Hall–Kier alpha value is -4.34. The summed E-state index contributed by atoms with van der Waals surface area (Å²) in [6.45, 7) is 1.70. The van der Waals surface area contributed by atoms with E-state index in [1.807, 2.05) is 24.3 Å². The first-order chi connectivity index (χ1) is 16.0. The maximum Gasteiger partial charge on any atom is 0.416 e. The van der Waals surface area contributed by atoms with Crippen LogP contribution in [0.3, 0.4) is 0 Å². The molecule has 0 bridgehead atoms. The number of carbonyl (C=O) groups excluding carboxylic acids is 2. The molecule has 0 aliphatic rings. The highest BCUT2D eigenvalue weighted by atomic mass is 19.4. The lowest BCUT2D eigenvalue weighted by Crippen LogP contribution is -2.21. The molecule has 0 radical (unpaired) electrons. The van der Waals surface area contributed by atoms with Gasteiger partial charge in [0.2, 0.25) is 0 Å². The van der Waals surface area contributed by atoms with Gasteiger partial charge in [-0.3, -0.25) is 4.79 Å². The minimum atomic E-state index is -4.68. The first kappa shape index (κ1) is 22.8. The van der Waals surface area contributed by atoms with Crippen molar-refractivity contribution in [2.75, 3.05) is 10.6 Å². The number of amides is 3. The minimum Gasteiger partial charge on any atom is -0.364 e. The fraction of sp³-hybridized carbons (Fsp3) is 0.0833. The van der Waals surface area contributed by atoms with Crippen LogP contribution in [-0.4, -0.2) is 16.9 Å². The van der Waals surface area contributed by atoms with Crippen LogP contribution in [0.25, 0.3) is 22.0 Å². The van der Waals surface area contributed by atoms with Gasteiger partial charge < -0.3 is 21.4 Å². The normalized spacial score (nSPS) is 11.4. The Bertz CT molecular complexity index is 1430. The number of fused-ring (bicyclic) bond motifs is 1. The SMILES string of the molecule is Cc1cc(-c2c(C(N)=O)[nH]c3ccccc23)ccc1NC(=O)Nc1cc(C(F)(F)F)ccc1F. The molecule has 1 heterocycles. The van der Waals surface area contributed by atoms with Gasteiger partial charge in [-0.15, -0.1) is 0 Å². The molecule has 4 aromatic rings. The predicted octanol–water partition coefficient (Wildman–Crippen LogP) is 6.04. The van der Waals surface area contributed by atoms with E-state index in [9.17, 15) is 27.2 Å². The van der Waals surface area contributed by atoms with Crippen molar-refractivity contribution in [2.45, 2.75) is 13.1 Å². The van der Waals surface area contributed by atoms with Crippen LogP contribution < -0.4 is 16.4 Å². The van der Waals surface area contributed by atoms with E-state index in [0.29, 0.717) is 40.6 Å². The highest BCUT2D eigenvalue weighted by Crippen LogP contribution is 2.35. The summed E-state index contributed by atoms with van der Waals surface area (Å²) < 4.78 is 52.6. The molecule has 174 valence electrons. The third kappa shape index (κ3) is 4.42. The smallest absolute Gasteiger partial charge is 0.364 e. The van der Waals surface area contributed by atoms with Gasteiger partial charge >= 0.3 is 12.2 Å². The number of aromatic amines is 1. The number of nitrogens with one attached hydrogen (secondary N) is 3. The number of anilines is 2. The first-order valence-electron chi connectivity index (χ1n) is 10.0. The molecule has 0 saturated carbocycles. The number of benzene rings is 3. The van der Waals surface area contributed by atoms with Gasteiger partial charge in [-0.05, 0) is 54.4 Å². The zero-order valence-corrected chi connectivity index (χ0v) is 17.7. The van der Waals surface area contributed by atoms with Crippen molar-refractivity contribution in [1.29, 1.82) is 0 Å². The summed E-state index contributed by atoms with van der Waals surface area (Å²) in [5.41, 5.74) is 7.01. The molecule has 10 heteroatoms. The van der Waals surface area contributed by atoms with E-state index in [1.54, 1.807) is 25.1 Å². The molecule has 6 nitrogen and oxygen atoms in total. The zero-order chi connectivity index (χ0) is 24.6. The van der Waals surface area contributed by atoms with E-state index in [1.165, 1.54) is 0 Å². The number of hydrogen-bond acceptors (Lipinski definition) is 2. The van der Waals surface area contributed by atoms with Crippen LogP contribution in [0.15, 0.2) is 60.7 Å². The summed E-state index contributed by atoms with van der Waals surface area (Å²) in [6.07, 6.45) is -4.68. The Balaban J connectivity index is 1.60. The van der Waals surface area contributed by atoms with Gasteiger partial charge in [0.1, 0.15) is 11.5 Å². The lowest BCUT2D eigenvalue weighted by atomic mass is 9.99. The molecule has 4 rings (SSSR count). The maximum atomic E-state index is 13.9. The Morgan fingerprint density at radius 3 is 2.32 bits per heavy atom. The number of H-pyrrole nitrogens is 1. The number of aryl methyl sites for hydroxylation is 1. The number of hydrogen-bond donors (Lipinski definition) is 4. The van der Waals surface area contributed by atoms with Crippen molar-refractivity contribution in [3.8, 4) is 11.1 Å². The first-order valence-corrected chi connectivity index (χ1v) is 10.0. The van der Waals surface area contributed by atoms with Crippen molar-refractivity contribution in [3.63, 3.8) is 0 Å². The minimum absolute atomic E-state index is 0.235. The lowest BCUT2D eigenvalue weighted by molar-refractivity contribution is -0.137. The van der Waals surface area contributed by atoms with E-state index >= 15 is 0 Å². The standard InChI is InChI=1S/C24H18F4N4O2/c1-12-10-13(20-15-4-2-3-5-18(15)30-21(20)22(29)33)6-9-17(12)31-23(34)32-19-11-14(24(26,27)28)7-8-16(19)25/h2-11,30H,1H3,(H2,29,33)(H2,31,32,34). The number of aromatic nitrogens is 1. The second kappa shape index (κ2) is 8.54. The summed E-state index contributed by atoms with van der Waals surface area (Å²) in [5.74, 6) is -1.64.